The van der Waals surface area contributed by atoms with Gasteiger partial charge in [-0.3, -0.25) is 4.79 Å². The van der Waals surface area contributed by atoms with Gasteiger partial charge in [-0.1, -0.05) is 13.8 Å². The summed E-state index contributed by atoms with van der Waals surface area (Å²) in [7, 11) is 1.22. The number of hydrogen-bond acceptors (Lipinski definition) is 4. The van der Waals surface area contributed by atoms with E-state index in [2.05, 4.69) is 4.74 Å². The zero-order valence-electron chi connectivity index (χ0n) is 8.56. The lowest BCUT2D eigenvalue weighted by molar-refractivity contribution is -0.127. The standard InChI is InChI=1S/C9H15NO4/c1-5(2)8-6(11)4-7(12)10(8)9(13)14-3/h5-6,8,11H,4H2,1-3H3/t6-,8-/m0/s1. The lowest BCUT2D eigenvalue weighted by Crippen LogP contribution is -2.44. The lowest BCUT2D eigenvalue weighted by atomic mass is 10.00. The molecular weight excluding hydrogens is 186 g/mol. The maximum absolute atomic E-state index is 11.4. The molecule has 2 amide bonds. The first-order valence-corrected chi connectivity index (χ1v) is 4.57. The van der Waals surface area contributed by atoms with E-state index in [-0.39, 0.29) is 18.2 Å². The quantitative estimate of drug-likeness (QED) is 0.665. The van der Waals surface area contributed by atoms with Gasteiger partial charge in [0, 0.05) is 0 Å². The molecule has 0 bridgehead atoms. The molecule has 0 spiro atoms. The van der Waals surface area contributed by atoms with Crippen molar-refractivity contribution in [1.82, 2.24) is 4.90 Å². The third kappa shape index (κ3) is 1.72. The molecule has 0 aromatic carbocycles. The van der Waals surface area contributed by atoms with Gasteiger partial charge in [-0.15, -0.1) is 0 Å². The van der Waals surface area contributed by atoms with Gasteiger partial charge >= 0.3 is 6.09 Å². The van der Waals surface area contributed by atoms with E-state index in [0.29, 0.717) is 0 Å². The van der Waals surface area contributed by atoms with Crippen molar-refractivity contribution in [3.05, 3.63) is 0 Å². The highest BCUT2D eigenvalue weighted by Gasteiger charge is 2.44. The minimum absolute atomic E-state index is 0.00204. The number of ether oxygens (including phenoxy) is 1. The SMILES string of the molecule is COC(=O)N1C(=O)C[C@H](O)[C@@H]1C(C)C. The van der Waals surface area contributed by atoms with Crippen LogP contribution in [0.5, 0.6) is 0 Å². The first kappa shape index (κ1) is 11.0. The van der Waals surface area contributed by atoms with Crippen molar-refractivity contribution in [1.29, 1.82) is 0 Å². The molecule has 1 heterocycles. The van der Waals surface area contributed by atoms with E-state index in [9.17, 15) is 14.7 Å². The Labute approximate surface area is 82.6 Å². The second kappa shape index (κ2) is 3.96. The second-order valence-electron chi connectivity index (χ2n) is 3.74. The Morgan fingerprint density at radius 1 is 1.64 bits per heavy atom. The highest BCUT2D eigenvalue weighted by Crippen LogP contribution is 2.25. The number of methoxy groups -OCH3 is 1. The van der Waals surface area contributed by atoms with Crippen molar-refractivity contribution < 1.29 is 19.4 Å². The van der Waals surface area contributed by atoms with Crippen molar-refractivity contribution in [2.24, 2.45) is 5.92 Å². The van der Waals surface area contributed by atoms with Crippen molar-refractivity contribution in [2.75, 3.05) is 7.11 Å². The van der Waals surface area contributed by atoms with Crippen LogP contribution in [0.1, 0.15) is 20.3 Å². The van der Waals surface area contributed by atoms with Crippen molar-refractivity contribution >= 4 is 12.0 Å². The second-order valence-corrected chi connectivity index (χ2v) is 3.74. The monoisotopic (exact) mass is 201 g/mol. The number of hydrogen-bond donors (Lipinski definition) is 1. The molecule has 0 aromatic heterocycles. The Balaban J connectivity index is 2.89. The summed E-state index contributed by atoms with van der Waals surface area (Å²) >= 11 is 0. The van der Waals surface area contributed by atoms with E-state index in [1.165, 1.54) is 7.11 Å². The molecule has 5 heteroatoms. The number of aliphatic hydroxyl groups excluding tert-OH is 1. The van der Waals surface area contributed by atoms with Crippen molar-refractivity contribution in [2.45, 2.75) is 32.4 Å². The third-order valence-electron chi connectivity index (χ3n) is 2.40. The fourth-order valence-electron chi connectivity index (χ4n) is 1.80. The smallest absolute Gasteiger partial charge is 0.416 e. The number of nitrogens with zero attached hydrogens (tertiary/aromatic N) is 1. The molecule has 1 rings (SSSR count). The maximum Gasteiger partial charge on any atom is 0.416 e. The maximum atomic E-state index is 11.4. The zero-order valence-corrected chi connectivity index (χ0v) is 8.56. The largest absolute Gasteiger partial charge is 0.452 e. The molecule has 1 saturated heterocycles. The summed E-state index contributed by atoms with van der Waals surface area (Å²) in [6.07, 6.45) is -1.47. The normalized spacial score (nSPS) is 27.2. The Morgan fingerprint density at radius 2 is 2.21 bits per heavy atom. The van der Waals surface area contributed by atoms with Crippen LogP contribution in [0.2, 0.25) is 0 Å². The summed E-state index contributed by atoms with van der Waals surface area (Å²) in [5, 5.41) is 9.57. The van der Waals surface area contributed by atoms with E-state index in [1.807, 2.05) is 13.8 Å². The van der Waals surface area contributed by atoms with Gasteiger partial charge in [0.05, 0.1) is 25.7 Å². The molecule has 1 aliphatic rings. The van der Waals surface area contributed by atoms with Crippen LogP contribution in [0.25, 0.3) is 0 Å². The molecule has 5 nitrogen and oxygen atoms in total. The molecule has 1 N–H and O–H groups in total. The van der Waals surface area contributed by atoms with E-state index in [1.54, 1.807) is 0 Å². The Morgan fingerprint density at radius 3 is 2.64 bits per heavy atom. The third-order valence-corrected chi connectivity index (χ3v) is 2.40. The molecule has 1 aliphatic heterocycles. The summed E-state index contributed by atoms with van der Waals surface area (Å²) in [6, 6.07) is -0.463. The van der Waals surface area contributed by atoms with Gasteiger partial charge in [0.25, 0.3) is 0 Å². The molecule has 2 atom stereocenters. The molecule has 0 unspecified atom stereocenters. The molecule has 0 aliphatic carbocycles. The average molecular weight is 201 g/mol. The summed E-state index contributed by atoms with van der Waals surface area (Å²) in [6.45, 7) is 3.70. The highest BCUT2D eigenvalue weighted by atomic mass is 16.5. The van der Waals surface area contributed by atoms with E-state index in [0.717, 1.165) is 4.90 Å². The fourth-order valence-corrected chi connectivity index (χ4v) is 1.80. The Hall–Kier alpha value is -1.10. The Kier molecular flexibility index (Phi) is 3.10. The van der Waals surface area contributed by atoms with Gasteiger partial charge in [0.1, 0.15) is 0 Å². The minimum Gasteiger partial charge on any atom is -0.452 e. The number of amides is 2. The molecule has 14 heavy (non-hydrogen) atoms. The van der Waals surface area contributed by atoms with Gasteiger partial charge < -0.3 is 9.84 Å². The number of imide groups is 1. The molecule has 0 saturated carbocycles. The average Bonchev–Trinajstić information content (AvgIpc) is 2.39. The summed E-state index contributed by atoms with van der Waals surface area (Å²) < 4.78 is 4.49. The first-order valence-electron chi connectivity index (χ1n) is 4.57. The van der Waals surface area contributed by atoms with Crippen molar-refractivity contribution in [3.8, 4) is 0 Å². The van der Waals surface area contributed by atoms with Crippen LogP contribution in [0.4, 0.5) is 4.79 Å². The van der Waals surface area contributed by atoms with Crippen LogP contribution in [0.3, 0.4) is 0 Å². The predicted molar refractivity (Wildman–Crippen MR) is 48.5 cm³/mol. The van der Waals surface area contributed by atoms with Crippen LogP contribution in [0, 0.1) is 5.92 Å². The number of rotatable bonds is 1. The van der Waals surface area contributed by atoms with Gasteiger partial charge in [-0.25, -0.2) is 9.69 Å². The number of carbonyl (C=O) groups is 2. The van der Waals surface area contributed by atoms with E-state index >= 15 is 0 Å². The van der Waals surface area contributed by atoms with E-state index in [4.69, 9.17) is 0 Å². The minimum atomic E-state index is -0.776. The van der Waals surface area contributed by atoms with Crippen LogP contribution in [0.15, 0.2) is 0 Å². The molecule has 1 fully saturated rings. The number of carbonyl (C=O) groups excluding carboxylic acids is 2. The number of likely N-dealkylation sites (tertiary alicyclic amines) is 1. The van der Waals surface area contributed by atoms with Crippen LogP contribution in [-0.4, -0.2) is 41.3 Å². The lowest BCUT2D eigenvalue weighted by Gasteiger charge is -2.26. The van der Waals surface area contributed by atoms with Crippen LogP contribution >= 0.6 is 0 Å². The molecule has 0 aromatic rings. The molecule has 80 valence electrons. The fraction of sp³-hybridized carbons (Fsp3) is 0.778. The molecular formula is C9H15NO4. The van der Waals surface area contributed by atoms with E-state index < -0.39 is 18.2 Å². The highest BCUT2D eigenvalue weighted by molar-refractivity contribution is 5.94. The van der Waals surface area contributed by atoms with Crippen LogP contribution < -0.4 is 0 Å². The first-order chi connectivity index (χ1) is 6.49. The molecule has 0 radical (unpaired) electrons. The van der Waals surface area contributed by atoms with Gasteiger partial charge in [0.2, 0.25) is 5.91 Å². The zero-order chi connectivity index (χ0) is 10.9. The van der Waals surface area contributed by atoms with Gasteiger partial charge in [-0.2, -0.15) is 0 Å². The summed E-state index contributed by atoms with van der Waals surface area (Å²) in [5.74, 6) is -0.349. The predicted octanol–water partition coefficient (Wildman–Crippen LogP) is 0.371. The number of aliphatic hydroxyl groups is 1. The van der Waals surface area contributed by atoms with Gasteiger partial charge in [0.15, 0.2) is 0 Å². The van der Waals surface area contributed by atoms with Crippen LogP contribution in [-0.2, 0) is 9.53 Å². The summed E-state index contributed by atoms with van der Waals surface area (Å²) in [5.41, 5.74) is 0. The Bertz CT molecular complexity index is 243. The topological polar surface area (TPSA) is 66.8 Å². The summed E-state index contributed by atoms with van der Waals surface area (Å²) in [4.78, 5) is 23.6. The van der Waals surface area contributed by atoms with Gasteiger partial charge in [-0.05, 0) is 5.92 Å². The van der Waals surface area contributed by atoms with Crippen molar-refractivity contribution in [3.63, 3.8) is 0 Å².